The highest BCUT2D eigenvalue weighted by Gasteiger charge is 1.89. The van der Waals surface area contributed by atoms with E-state index in [1.54, 1.807) is 0 Å². The summed E-state index contributed by atoms with van der Waals surface area (Å²) in [6, 6.07) is 0. The fourth-order valence-electron chi connectivity index (χ4n) is 0.258. The minimum atomic E-state index is -1.10. The molecule has 0 atom stereocenters. The molecule has 0 aromatic rings. The summed E-state index contributed by atoms with van der Waals surface area (Å²) in [5.41, 5.74) is 0. The van der Waals surface area contributed by atoms with Crippen LogP contribution in [0.3, 0.4) is 0 Å². The Morgan fingerprint density at radius 2 is 1.86 bits per heavy atom. The Kier molecular flexibility index (Phi) is 8.61. The molecule has 2 nitrogen and oxygen atoms in total. The van der Waals surface area contributed by atoms with Crippen LogP contribution < -0.4 is 0 Å². The van der Waals surface area contributed by atoms with Crippen molar-refractivity contribution in [2.45, 2.75) is 26.1 Å². The normalized spacial score (nSPS) is 8.57. The molecule has 0 aliphatic heterocycles. The van der Waals surface area contributed by atoms with Crippen LogP contribution in [0.5, 0.6) is 0 Å². The SMILES string of the molecule is CCCC(O)O.[B]. The average molecular weight is 101 g/mol. The van der Waals surface area contributed by atoms with Crippen LogP contribution in [0.4, 0.5) is 0 Å². The maximum atomic E-state index is 8.11. The van der Waals surface area contributed by atoms with Gasteiger partial charge in [0.15, 0.2) is 6.29 Å². The fraction of sp³-hybridized carbons (Fsp3) is 1.00. The standard InChI is InChI=1S/C4H10O2.B/c1-2-3-4(5)6;/h4-6H,2-3H2,1H3;. The minimum Gasteiger partial charge on any atom is -0.368 e. The molecule has 0 aromatic carbocycles. The van der Waals surface area contributed by atoms with E-state index in [4.69, 9.17) is 10.2 Å². The molecule has 0 bridgehead atoms. The highest BCUT2D eigenvalue weighted by atomic mass is 16.5. The minimum absolute atomic E-state index is 0. The average Bonchev–Trinajstić information content (AvgIpc) is 1.35. The van der Waals surface area contributed by atoms with Crippen LogP contribution in [0.2, 0.25) is 0 Å². The maximum absolute atomic E-state index is 8.11. The van der Waals surface area contributed by atoms with E-state index in [0.29, 0.717) is 6.42 Å². The predicted molar refractivity (Wildman–Crippen MR) is 28.9 cm³/mol. The van der Waals surface area contributed by atoms with Gasteiger partial charge in [0.25, 0.3) is 0 Å². The number of hydrogen-bond acceptors (Lipinski definition) is 2. The molecule has 0 rings (SSSR count). The number of aliphatic hydroxyl groups excluding tert-OH is 1. The van der Waals surface area contributed by atoms with Gasteiger partial charge in [0.1, 0.15) is 0 Å². The predicted octanol–water partition coefficient (Wildman–Crippen LogP) is -0.284. The summed E-state index contributed by atoms with van der Waals surface area (Å²) in [5.74, 6) is 0. The second kappa shape index (κ2) is 5.98. The first-order chi connectivity index (χ1) is 2.77. The Hall–Kier alpha value is -0.0151. The molecule has 3 radical (unpaired) electrons. The van der Waals surface area contributed by atoms with Crippen molar-refractivity contribution >= 4 is 8.41 Å². The zero-order chi connectivity index (χ0) is 4.99. The van der Waals surface area contributed by atoms with Gasteiger partial charge >= 0.3 is 0 Å². The quantitative estimate of drug-likeness (QED) is 0.370. The topological polar surface area (TPSA) is 40.5 Å². The van der Waals surface area contributed by atoms with Crippen LogP contribution >= 0.6 is 0 Å². The lowest BCUT2D eigenvalue weighted by molar-refractivity contribution is -0.0453. The van der Waals surface area contributed by atoms with E-state index in [0.717, 1.165) is 6.42 Å². The van der Waals surface area contributed by atoms with Crippen molar-refractivity contribution in [1.29, 1.82) is 0 Å². The lowest BCUT2D eigenvalue weighted by Gasteiger charge is -1.94. The molecule has 3 heteroatoms. The van der Waals surface area contributed by atoms with Gasteiger partial charge in [-0.05, 0) is 6.42 Å². The van der Waals surface area contributed by atoms with Gasteiger partial charge in [-0.25, -0.2) is 0 Å². The second-order valence-electron chi connectivity index (χ2n) is 1.27. The molecule has 7 heavy (non-hydrogen) atoms. The second-order valence-corrected chi connectivity index (χ2v) is 1.27. The zero-order valence-corrected chi connectivity index (χ0v) is 4.46. The molecule has 0 aliphatic carbocycles. The van der Waals surface area contributed by atoms with Gasteiger partial charge in [-0.3, -0.25) is 0 Å². The van der Waals surface area contributed by atoms with Gasteiger partial charge in [0.2, 0.25) is 0 Å². The molecule has 0 aromatic heterocycles. The van der Waals surface area contributed by atoms with Crippen LogP contribution in [-0.2, 0) is 0 Å². The molecular weight excluding hydrogens is 90.9 g/mol. The van der Waals surface area contributed by atoms with Crippen molar-refractivity contribution in [3.63, 3.8) is 0 Å². The molecule has 41 valence electrons. The molecule has 0 saturated carbocycles. The van der Waals surface area contributed by atoms with Gasteiger partial charge < -0.3 is 10.2 Å². The van der Waals surface area contributed by atoms with Crippen LogP contribution in [-0.4, -0.2) is 24.9 Å². The fourth-order valence-corrected chi connectivity index (χ4v) is 0.258. The molecule has 0 amide bonds. The first-order valence-corrected chi connectivity index (χ1v) is 2.13. The first-order valence-electron chi connectivity index (χ1n) is 2.13. The van der Waals surface area contributed by atoms with E-state index in [9.17, 15) is 0 Å². The van der Waals surface area contributed by atoms with Gasteiger partial charge in [0, 0.05) is 8.41 Å². The van der Waals surface area contributed by atoms with Crippen LogP contribution in [0, 0.1) is 0 Å². The van der Waals surface area contributed by atoms with Crippen LogP contribution in [0.25, 0.3) is 0 Å². The van der Waals surface area contributed by atoms with Crippen LogP contribution in [0.1, 0.15) is 19.8 Å². The smallest absolute Gasteiger partial charge is 0.151 e. The zero-order valence-electron chi connectivity index (χ0n) is 4.46. The van der Waals surface area contributed by atoms with Crippen molar-refractivity contribution in [1.82, 2.24) is 0 Å². The summed E-state index contributed by atoms with van der Waals surface area (Å²) in [4.78, 5) is 0. The molecular formula is C4H10BO2. The van der Waals surface area contributed by atoms with Crippen molar-refractivity contribution in [2.75, 3.05) is 0 Å². The third kappa shape index (κ3) is 10.7. The summed E-state index contributed by atoms with van der Waals surface area (Å²) in [6.07, 6.45) is 0.215. The third-order valence-electron chi connectivity index (χ3n) is 0.547. The Bertz CT molecular complexity index is 30.9. The Morgan fingerprint density at radius 3 is 1.86 bits per heavy atom. The molecule has 0 aliphatic rings. The number of hydrogen-bond donors (Lipinski definition) is 2. The lowest BCUT2D eigenvalue weighted by Crippen LogP contribution is -2.01. The largest absolute Gasteiger partial charge is 0.368 e. The van der Waals surface area contributed by atoms with Gasteiger partial charge in [0.05, 0.1) is 0 Å². The monoisotopic (exact) mass is 101 g/mol. The summed E-state index contributed by atoms with van der Waals surface area (Å²) in [6.45, 7) is 1.90. The van der Waals surface area contributed by atoms with E-state index in [1.165, 1.54) is 0 Å². The van der Waals surface area contributed by atoms with Crippen molar-refractivity contribution in [2.24, 2.45) is 0 Å². The molecule has 0 fully saturated rings. The Morgan fingerprint density at radius 1 is 1.43 bits per heavy atom. The van der Waals surface area contributed by atoms with Crippen LogP contribution in [0.15, 0.2) is 0 Å². The highest BCUT2D eigenvalue weighted by molar-refractivity contribution is 5.75. The summed E-state index contributed by atoms with van der Waals surface area (Å²) in [5, 5.41) is 16.2. The van der Waals surface area contributed by atoms with Gasteiger partial charge in [-0.2, -0.15) is 0 Å². The van der Waals surface area contributed by atoms with Crippen molar-refractivity contribution < 1.29 is 10.2 Å². The molecule has 0 unspecified atom stereocenters. The maximum Gasteiger partial charge on any atom is 0.151 e. The van der Waals surface area contributed by atoms with Crippen molar-refractivity contribution in [3.05, 3.63) is 0 Å². The number of rotatable bonds is 2. The molecule has 0 spiro atoms. The van der Waals surface area contributed by atoms with E-state index in [1.807, 2.05) is 6.92 Å². The number of aliphatic hydroxyl groups is 2. The Balaban J connectivity index is 0. The molecule has 0 saturated heterocycles. The highest BCUT2D eigenvalue weighted by Crippen LogP contribution is 1.88. The summed E-state index contributed by atoms with van der Waals surface area (Å²) in [7, 11) is 0. The lowest BCUT2D eigenvalue weighted by atomic mass is 10.3. The van der Waals surface area contributed by atoms with E-state index < -0.39 is 6.29 Å². The molecule has 2 N–H and O–H groups in total. The summed E-state index contributed by atoms with van der Waals surface area (Å²) >= 11 is 0. The van der Waals surface area contributed by atoms with Gasteiger partial charge in [-0.15, -0.1) is 0 Å². The van der Waals surface area contributed by atoms with Gasteiger partial charge in [-0.1, -0.05) is 13.3 Å². The van der Waals surface area contributed by atoms with E-state index >= 15 is 0 Å². The third-order valence-corrected chi connectivity index (χ3v) is 0.547. The van der Waals surface area contributed by atoms with E-state index in [-0.39, 0.29) is 8.41 Å². The van der Waals surface area contributed by atoms with E-state index in [2.05, 4.69) is 0 Å². The molecule has 0 heterocycles. The Labute approximate surface area is 45.7 Å². The van der Waals surface area contributed by atoms with Crippen molar-refractivity contribution in [3.8, 4) is 0 Å². The first kappa shape index (κ1) is 10.1. The summed E-state index contributed by atoms with van der Waals surface area (Å²) < 4.78 is 0.